The summed E-state index contributed by atoms with van der Waals surface area (Å²) in [7, 11) is -4.08. The monoisotopic (exact) mass is 443 g/mol. The van der Waals surface area contributed by atoms with Crippen LogP contribution >= 0.6 is 15.9 Å². The van der Waals surface area contributed by atoms with Gasteiger partial charge >= 0.3 is 5.76 Å². The van der Waals surface area contributed by atoms with Gasteiger partial charge in [-0.05, 0) is 36.8 Å². The summed E-state index contributed by atoms with van der Waals surface area (Å²) in [5.41, 5.74) is 1.41. The van der Waals surface area contributed by atoms with Crippen LogP contribution in [0.4, 0.5) is 8.78 Å². The maximum Gasteiger partial charge on any atom is 0.424 e. The third-order valence-electron chi connectivity index (χ3n) is 3.77. The molecule has 3 aromatic rings. The van der Waals surface area contributed by atoms with E-state index in [1.807, 2.05) is 6.92 Å². The Morgan fingerprint density at radius 2 is 1.73 bits per heavy atom. The van der Waals surface area contributed by atoms with Crippen molar-refractivity contribution in [3.8, 4) is 16.9 Å². The summed E-state index contributed by atoms with van der Waals surface area (Å²) in [5, 5.41) is 0. The van der Waals surface area contributed by atoms with Gasteiger partial charge in [-0.2, -0.15) is 0 Å². The molecule has 26 heavy (non-hydrogen) atoms. The predicted octanol–water partition coefficient (Wildman–Crippen LogP) is 3.85. The van der Waals surface area contributed by atoms with Gasteiger partial charge < -0.3 is 4.42 Å². The largest absolute Gasteiger partial charge is 0.424 e. The zero-order chi connectivity index (χ0) is 19.2. The van der Waals surface area contributed by atoms with Crippen molar-refractivity contribution in [3.63, 3.8) is 0 Å². The van der Waals surface area contributed by atoms with Crippen LogP contribution in [0, 0.1) is 18.6 Å². The van der Waals surface area contributed by atoms with Gasteiger partial charge in [0.25, 0.3) is 0 Å². The fraction of sp³-hybridized carbons (Fsp3) is 0.118. The first-order valence-corrected chi connectivity index (χ1v) is 9.94. The third kappa shape index (κ3) is 3.24. The number of oxazole rings is 1. The topological polar surface area (TPSA) is 69.3 Å². The highest BCUT2D eigenvalue weighted by Crippen LogP contribution is 2.29. The number of benzene rings is 2. The van der Waals surface area contributed by atoms with E-state index in [9.17, 15) is 22.0 Å². The van der Waals surface area contributed by atoms with Crippen LogP contribution in [-0.2, 0) is 9.84 Å². The average Bonchev–Trinajstić information content (AvgIpc) is 2.89. The van der Waals surface area contributed by atoms with Gasteiger partial charge in [0.2, 0.25) is 0 Å². The highest BCUT2D eigenvalue weighted by Gasteiger charge is 2.23. The fourth-order valence-electron chi connectivity index (χ4n) is 2.53. The molecule has 3 rings (SSSR count). The average molecular weight is 444 g/mol. The molecule has 0 amide bonds. The number of hydrogen-bond acceptors (Lipinski definition) is 4. The molecular weight excluding hydrogens is 432 g/mol. The molecule has 9 heteroatoms. The van der Waals surface area contributed by atoms with Gasteiger partial charge in [-0.25, -0.2) is 26.6 Å². The highest BCUT2D eigenvalue weighted by atomic mass is 79.9. The molecule has 0 aliphatic rings. The lowest BCUT2D eigenvalue weighted by Gasteiger charge is -2.10. The standard InChI is InChI=1S/C17H12BrF2NO4S/c1-9-3-4-11(7-12(9)18)21-15(8-25-17(21)22)10-5-13(19)16(14(20)6-10)26(2,23)24/h3-8H,1-2H3. The quantitative estimate of drug-likeness (QED) is 0.616. The van der Waals surface area contributed by atoms with Crippen LogP contribution in [-0.4, -0.2) is 19.2 Å². The zero-order valence-electron chi connectivity index (χ0n) is 13.6. The summed E-state index contributed by atoms with van der Waals surface area (Å²) in [4.78, 5) is 11.1. The molecule has 0 aliphatic carbocycles. The van der Waals surface area contributed by atoms with E-state index in [-0.39, 0.29) is 11.3 Å². The molecule has 2 aromatic carbocycles. The number of aryl methyl sites for hydroxylation is 1. The molecule has 0 aliphatic heterocycles. The number of sulfone groups is 1. The summed E-state index contributed by atoms with van der Waals surface area (Å²) in [6.45, 7) is 1.86. The van der Waals surface area contributed by atoms with E-state index in [4.69, 9.17) is 4.42 Å². The smallest absolute Gasteiger partial charge is 0.415 e. The lowest BCUT2D eigenvalue weighted by atomic mass is 10.1. The summed E-state index contributed by atoms with van der Waals surface area (Å²) < 4.78 is 58.2. The number of halogens is 3. The Kier molecular flexibility index (Phi) is 4.61. The Labute approximate surface area is 155 Å². The summed E-state index contributed by atoms with van der Waals surface area (Å²) >= 11 is 3.36. The molecule has 0 N–H and O–H groups in total. The molecular formula is C17H12BrF2NO4S. The van der Waals surface area contributed by atoms with Crippen molar-refractivity contribution in [2.45, 2.75) is 11.8 Å². The van der Waals surface area contributed by atoms with E-state index >= 15 is 0 Å². The van der Waals surface area contributed by atoms with Crippen molar-refractivity contribution in [1.29, 1.82) is 0 Å². The fourth-order valence-corrected chi connectivity index (χ4v) is 3.73. The number of hydrogen-bond donors (Lipinski definition) is 0. The summed E-state index contributed by atoms with van der Waals surface area (Å²) in [6.07, 6.45) is 1.77. The number of aromatic nitrogens is 1. The molecule has 0 bridgehead atoms. The summed E-state index contributed by atoms with van der Waals surface area (Å²) in [6, 6.07) is 6.77. The van der Waals surface area contributed by atoms with Crippen molar-refractivity contribution >= 4 is 25.8 Å². The van der Waals surface area contributed by atoms with Crippen LogP contribution in [0.5, 0.6) is 0 Å². The molecule has 136 valence electrons. The van der Waals surface area contributed by atoms with Gasteiger partial charge in [0.05, 0.1) is 11.4 Å². The first-order valence-electron chi connectivity index (χ1n) is 7.26. The molecule has 5 nitrogen and oxygen atoms in total. The van der Waals surface area contributed by atoms with E-state index < -0.39 is 32.1 Å². The minimum absolute atomic E-state index is 0.0325. The molecule has 0 unspecified atom stereocenters. The van der Waals surface area contributed by atoms with E-state index in [1.165, 1.54) is 0 Å². The van der Waals surface area contributed by atoms with Crippen molar-refractivity contribution in [2.75, 3.05) is 6.26 Å². The zero-order valence-corrected chi connectivity index (χ0v) is 16.0. The van der Waals surface area contributed by atoms with E-state index in [1.54, 1.807) is 18.2 Å². The van der Waals surface area contributed by atoms with Crippen LogP contribution in [0.15, 0.2) is 55.2 Å². The van der Waals surface area contributed by atoms with Crippen LogP contribution in [0.3, 0.4) is 0 Å². The van der Waals surface area contributed by atoms with E-state index in [0.29, 0.717) is 11.9 Å². The lowest BCUT2D eigenvalue weighted by Crippen LogP contribution is -2.13. The van der Waals surface area contributed by atoms with Gasteiger partial charge in [0, 0.05) is 16.3 Å². The first-order chi connectivity index (χ1) is 12.1. The lowest BCUT2D eigenvalue weighted by molar-refractivity contribution is 0.504. The second kappa shape index (κ2) is 6.48. The van der Waals surface area contributed by atoms with Crippen molar-refractivity contribution in [2.24, 2.45) is 0 Å². The normalized spacial score (nSPS) is 11.7. The Morgan fingerprint density at radius 1 is 1.12 bits per heavy atom. The predicted molar refractivity (Wildman–Crippen MR) is 95.2 cm³/mol. The van der Waals surface area contributed by atoms with Crippen molar-refractivity contribution in [3.05, 3.63) is 68.8 Å². The Hall–Kier alpha value is -2.26. The molecule has 1 heterocycles. The maximum atomic E-state index is 14.2. The third-order valence-corrected chi connectivity index (χ3v) is 5.76. The number of nitrogens with zero attached hydrogens (tertiary/aromatic N) is 1. The van der Waals surface area contributed by atoms with Gasteiger partial charge in [-0.15, -0.1) is 0 Å². The van der Waals surface area contributed by atoms with Gasteiger partial charge in [-0.1, -0.05) is 22.0 Å². The minimum atomic E-state index is -4.08. The molecule has 1 aromatic heterocycles. The Bertz CT molecular complexity index is 1160. The Morgan fingerprint density at radius 3 is 2.27 bits per heavy atom. The molecule has 0 spiro atoms. The minimum Gasteiger partial charge on any atom is -0.415 e. The second-order valence-corrected chi connectivity index (χ2v) is 8.50. The van der Waals surface area contributed by atoms with Gasteiger partial charge in [0.15, 0.2) is 9.84 Å². The SMILES string of the molecule is Cc1ccc(-n2c(-c3cc(F)c(S(C)(=O)=O)c(F)c3)coc2=O)cc1Br. The first kappa shape index (κ1) is 18.5. The number of rotatable bonds is 3. The van der Waals surface area contributed by atoms with Crippen LogP contribution < -0.4 is 5.76 Å². The Balaban J connectivity index is 2.24. The molecule has 0 radical (unpaired) electrons. The highest BCUT2D eigenvalue weighted by molar-refractivity contribution is 9.10. The maximum absolute atomic E-state index is 14.2. The van der Waals surface area contributed by atoms with Gasteiger partial charge in [0.1, 0.15) is 22.8 Å². The van der Waals surface area contributed by atoms with Crippen LogP contribution in [0.1, 0.15) is 5.56 Å². The van der Waals surface area contributed by atoms with Crippen molar-refractivity contribution < 1.29 is 21.6 Å². The van der Waals surface area contributed by atoms with Crippen LogP contribution in [0.2, 0.25) is 0 Å². The van der Waals surface area contributed by atoms with E-state index in [2.05, 4.69) is 15.9 Å². The van der Waals surface area contributed by atoms with E-state index in [0.717, 1.165) is 33.0 Å². The molecule has 0 fully saturated rings. The molecule has 0 saturated heterocycles. The van der Waals surface area contributed by atoms with Crippen molar-refractivity contribution in [1.82, 2.24) is 4.57 Å². The van der Waals surface area contributed by atoms with Gasteiger partial charge in [-0.3, -0.25) is 0 Å². The summed E-state index contributed by atoms with van der Waals surface area (Å²) in [5.74, 6) is -3.23. The second-order valence-electron chi connectivity index (χ2n) is 5.70. The van der Waals surface area contributed by atoms with Crippen LogP contribution in [0.25, 0.3) is 16.9 Å². The molecule has 0 atom stereocenters. The molecule has 0 saturated carbocycles.